The molecule has 1 aliphatic heterocycles. The van der Waals surface area contributed by atoms with Crippen molar-refractivity contribution in [3.63, 3.8) is 0 Å². The van der Waals surface area contributed by atoms with Gasteiger partial charge in [0, 0.05) is 25.1 Å². The molecule has 0 aliphatic carbocycles. The summed E-state index contributed by atoms with van der Waals surface area (Å²) in [4.78, 5) is 13.6. The minimum atomic E-state index is -3.00. The number of alkyl halides is 2. The maximum Gasteiger partial charge on any atom is 0.300 e. The molecule has 1 N–H and O–H groups in total. The minimum Gasteiger partial charge on any atom is -0.296 e. The van der Waals surface area contributed by atoms with Crippen LogP contribution in [-0.4, -0.2) is 42.1 Å². The molecule has 1 fully saturated rings. The first-order chi connectivity index (χ1) is 10.4. The number of likely N-dealkylation sites (tertiary alicyclic amines) is 1. The smallest absolute Gasteiger partial charge is 0.296 e. The summed E-state index contributed by atoms with van der Waals surface area (Å²) in [6, 6.07) is 8.42. The second kappa shape index (κ2) is 6.96. The molecule has 6 heteroatoms. The third kappa shape index (κ3) is 4.34. The molecule has 1 heterocycles. The Bertz CT molecular complexity index is 544. The van der Waals surface area contributed by atoms with Crippen molar-refractivity contribution in [3.8, 4) is 0 Å². The Morgan fingerprint density at radius 1 is 1.36 bits per heavy atom. The number of hydrazone groups is 1. The molecule has 1 aromatic carbocycles. The normalized spacial score (nSPS) is 20.3. The van der Waals surface area contributed by atoms with E-state index in [2.05, 4.69) is 10.5 Å². The highest BCUT2D eigenvalue weighted by atomic mass is 19.3. The lowest BCUT2D eigenvalue weighted by Gasteiger charge is -2.34. The molecule has 1 aromatic rings. The predicted molar refractivity (Wildman–Crippen MR) is 82.2 cm³/mol. The highest BCUT2D eigenvalue weighted by molar-refractivity contribution is 5.97. The number of benzene rings is 1. The summed E-state index contributed by atoms with van der Waals surface area (Å²) in [6.07, 6.45) is 0.161. The van der Waals surface area contributed by atoms with E-state index in [-0.39, 0.29) is 18.7 Å². The van der Waals surface area contributed by atoms with Gasteiger partial charge >= 0.3 is 0 Å². The number of halogens is 2. The van der Waals surface area contributed by atoms with Gasteiger partial charge in [-0.3, -0.25) is 9.69 Å². The number of hydrogen-bond donors (Lipinski definition) is 1. The minimum absolute atomic E-state index is 0.161. The Hall–Kier alpha value is -1.82. The first-order valence-electron chi connectivity index (χ1n) is 7.41. The molecule has 0 saturated carbocycles. The number of hydrogen-bond acceptors (Lipinski definition) is 3. The van der Waals surface area contributed by atoms with E-state index in [4.69, 9.17) is 0 Å². The molecule has 120 valence electrons. The maximum absolute atomic E-state index is 14.1. The fourth-order valence-corrected chi connectivity index (χ4v) is 2.48. The molecule has 0 aromatic heterocycles. The standard InChI is InChI=1S/C16H21F2N3O/c1-12(2)10-21-9-8-14(16(17,18)11-21)19-20-15(22)13-6-4-3-5-7-13/h3-7,12H,8-11H2,1-2H3,(H,20,22). The van der Waals surface area contributed by atoms with E-state index in [9.17, 15) is 13.6 Å². The summed E-state index contributed by atoms with van der Waals surface area (Å²) < 4.78 is 28.2. The van der Waals surface area contributed by atoms with Gasteiger partial charge < -0.3 is 0 Å². The van der Waals surface area contributed by atoms with Crippen LogP contribution in [-0.2, 0) is 0 Å². The summed E-state index contributed by atoms with van der Waals surface area (Å²) in [5.74, 6) is -3.14. The topological polar surface area (TPSA) is 44.7 Å². The van der Waals surface area contributed by atoms with Gasteiger partial charge in [-0.05, 0) is 18.1 Å². The van der Waals surface area contributed by atoms with Gasteiger partial charge in [0.05, 0.1) is 6.54 Å². The Morgan fingerprint density at radius 3 is 2.64 bits per heavy atom. The summed E-state index contributed by atoms with van der Waals surface area (Å²) in [6.45, 7) is 4.84. The number of amides is 1. The van der Waals surface area contributed by atoms with E-state index >= 15 is 0 Å². The lowest BCUT2D eigenvalue weighted by Crippen LogP contribution is -2.50. The molecular weight excluding hydrogens is 288 g/mol. The summed E-state index contributed by atoms with van der Waals surface area (Å²) in [5, 5.41) is 3.67. The first kappa shape index (κ1) is 16.5. The number of piperidine rings is 1. The highest BCUT2D eigenvalue weighted by Crippen LogP contribution is 2.25. The molecule has 2 rings (SSSR count). The van der Waals surface area contributed by atoms with Crippen molar-refractivity contribution in [2.24, 2.45) is 11.0 Å². The van der Waals surface area contributed by atoms with Crippen LogP contribution in [0.2, 0.25) is 0 Å². The number of rotatable bonds is 4. The van der Waals surface area contributed by atoms with Gasteiger partial charge in [0.25, 0.3) is 11.8 Å². The van der Waals surface area contributed by atoms with Crippen LogP contribution in [0.4, 0.5) is 8.78 Å². The van der Waals surface area contributed by atoms with E-state index < -0.39 is 11.8 Å². The van der Waals surface area contributed by atoms with Crippen LogP contribution >= 0.6 is 0 Å². The molecular formula is C16H21F2N3O. The zero-order valence-electron chi connectivity index (χ0n) is 12.9. The molecule has 0 bridgehead atoms. The van der Waals surface area contributed by atoms with Gasteiger partial charge in [-0.2, -0.15) is 13.9 Å². The highest BCUT2D eigenvalue weighted by Gasteiger charge is 2.41. The molecule has 1 saturated heterocycles. The van der Waals surface area contributed by atoms with Gasteiger partial charge in [-0.1, -0.05) is 32.0 Å². The fourth-order valence-electron chi connectivity index (χ4n) is 2.48. The van der Waals surface area contributed by atoms with Crippen molar-refractivity contribution in [1.82, 2.24) is 10.3 Å². The van der Waals surface area contributed by atoms with Gasteiger partial charge in [0.1, 0.15) is 5.71 Å². The molecule has 1 aliphatic rings. The second-order valence-electron chi connectivity index (χ2n) is 5.95. The molecule has 22 heavy (non-hydrogen) atoms. The zero-order chi connectivity index (χ0) is 16.2. The average molecular weight is 309 g/mol. The number of nitrogens with one attached hydrogen (secondary N) is 1. The largest absolute Gasteiger partial charge is 0.300 e. The van der Waals surface area contributed by atoms with Crippen LogP contribution in [0.3, 0.4) is 0 Å². The lowest BCUT2D eigenvalue weighted by atomic mass is 10.0. The first-order valence-corrected chi connectivity index (χ1v) is 7.41. The molecule has 4 nitrogen and oxygen atoms in total. The van der Waals surface area contributed by atoms with E-state index in [0.29, 0.717) is 24.6 Å². The molecule has 0 atom stereocenters. The molecule has 0 spiro atoms. The molecule has 0 unspecified atom stereocenters. The van der Waals surface area contributed by atoms with Crippen LogP contribution in [0.1, 0.15) is 30.6 Å². The average Bonchev–Trinajstić information content (AvgIpc) is 2.45. The number of carbonyl (C=O) groups is 1. The zero-order valence-corrected chi connectivity index (χ0v) is 12.9. The van der Waals surface area contributed by atoms with Crippen LogP contribution in [0.15, 0.2) is 35.4 Å². The Kier molecular flexibility index (Phi) is 5.24. The molecule has 0 radical (unpaired) electrons. The maximum atomic E-state index is 14.1. The van der Waals surface area contributed by atoms with Gasteiger partial charge in [0.2, 0.25) is 0 Å². The van der Waals surface area contributed by atoms with Crippen LogP contribution in [0, 0.1) is 5.92 Å². The van der Waals surface area contributed by atoms with Crippen LogP contribution in [0.5, 0.6) is 0 Å². The SMILES string of the molecule is CC(C)CN1CCC(=NNC(=O)c2ccccc2)C(F)(F)C1. The Morgan fingerprint density at radius 2 is 2.05 bits per heavy atom. The Labute approximate surface area is 129 Å². The number of nitrogens with zero attached hydrogens (tertiary/aromatic N) is 2. The van der Waals surface area contributed by atoms with E-state index in [1.165, 1.54) is 0 Å². The lowest BCUT2D eigenvalue weighted by molar-refractivity contribution is 0.0133. The van der Waals surface area contributed by atoms with Gasteiger partial charge in [0.15, 0.2) is 0 Å². The van der Waals surface area contributed by atoms with Gasteiger partial charge in [-0.25, -0.2) is 5.43 Å². The van der Waals surface area contributed by atoms with Crippen LogP contribution < -0.4 is 5.43 Å². The monoisotopic (exact) mass is 309 g/mol. The van der Waals surface area contributed by atoms with E-state index in [1.54, 1.807) is 35.2 Å². The van der Waals surface area contributed by atoms with Crippen molar-refractivity contribution in [3.05, 3.63) is 35.9 Å². The Balaban J connectivity index is 1.99. The second-order valence-corrected chi connectivity index (χ2v) is 5.95. The third-order valence-corrected chi connectivity index (χ3v) is 3.46. The predicted octanol–water partition coefficient (Wildman–Crippen LogP) is 2.77. The van der Waals surface area contributed by atoms with Crippen molar-refractivity contribution in [2.45, 2.75) is 26.2 Å². The summed E-state index contributed by atoms with van der Waals surface area (Å²) >= 11 is 0. The van der Waals surface area contributed by atoms with Crippen molar-refractivity contribution < 1.29 is 13.6 Å². The van der Waals surface area contributed by atoms with Crippen LogP contribution in [0.25, 0.3) is 0 Å². The van der Waals surface area contributed by atoms with Crippen molar-refractivity contribution >= 4 is 11.6 Å². The van der Waals surface area contributed by atoms with E-state index in [0.717, 1.165) is 0 Å². The summed E-state index contributed by atoms with van der Waals surface area (Å²) in [5.41, 5.74) is 2.37. The fraction of sp³-hybridized carbons (Fsp3) is 0.500. The summed E-state index contributed by atoms with van der Waals surface area (Å²) in [7, 11) is 0. The quantitative estimate of drug-likeness (QED) is 0.869. The van der Waals surface area contributed by atoms with Gasteiger partial charge in [-0.15, -0.1) is 0 Å². The third-order valence-electron chi connectivity index (χ3n) is 3.46. The number of carbonyl (C=O) groups excluding carboxylic acids is 1. The van der Waals surface area contributed by atoms with Crippen molar-refractivity contribution in [1.29, 1.82) is 0 Å². The van der Waals surface area contributed by atoms with E-state index in [1.807, 2.05) is 13.8 Å². The molecule has 1 amide bonds. The van der Waals surface area contributed by atoms with Crippen molar-refractivity contribution in [2.75, 3.05) is 19.6 Å².